The molecule has 2 unspecified atom stereocenters. The van der Waals surface area contributed by atoms with Gasteiger partial charge in [-0.2, -0.15) is 4.89 Å². The predicted octanol–water partition coefficient (Wildman–Crippen LogP) is 2.30. The van der Waals surface area contributed by atoms with Gasteiger partial charge in [-0.25, -0.2) is 0 Å². The van der Waals surface area contributed by atoms with Crippen molar-refractivity contribution < 1.29 is 31.2 Å². The topological polar surface area (TPSA) is 37.3 Å². The van der Waals surface area contributed by atoms with Crippen LogP contribution in [0.25, 0.3) is 0 Å². The van der Waals surface area contributed by atoms with Crippen molar-refractivity contribution in [2.45, 2.75) is 38.8 Å². The van der Waals surface area contributed by atoms with Gasteiger partial charge in [-0.15, -0.1) is 0 Å². The Bertz CT molecular complexity index is 97.7. The van der Waals surface area contributed by atoms with Crippen molar-refractivity contribution in [2.24, 2.45) is 0 Å². The number of hydrogen-bond donors (Lipinski definition) is 1. The molecule has 0 aliphatic carbocycles. The summed E-state index contributed by atoms with van der Waals surface area (Å²) in [7, 11) is -1.92. The summed E-state index contributed by atoms with van der Waals surface area (Å²) in [4.78, 5) is 8.65. The third kappa shape index (κ3) is 5.55. The Balaban J connectivity index is 0. The molecular formula is C6H14O2PTi+. The zero-order valence-electron chi connectivity index (χ0n) is 6.50. The molecule has 58 valence electrons. The molecule has 0 radical (unpaired) electrons. The van der Waals surface area contributed by atoms with Crippen LogP contribution in [0.2, 0.25) is 0 Å². The van der Waals surface area contributed by atoms with Gasteiger partial charge in [0.15, 0.2) is 5.66 Å². The van der Waals surface area contributed by atoms with Crippen molar-refractivity contribution in [3.8, 4) is 0 Å². The van der Waals surface area contributed by atoms with Crippen LogP contribution in [-0.4, -0.2) is 10.6 Å². The average molecular weight is 197 g/mol. The van der Waals surface area contributed by atoms with Gasteiger partial charge in [0, 0.05) is 21.7 Å². The first-order valence-corrected chi connectivity index (χ1v) is 4.65. The molecule has 0 saturated heterocycles. The first-order chi connectivity index (χ1) is 4.22. The number of hydrogen-bond acceptors (Lipinski definition) is 1. The molecule has 4 heteroatoms. The minimum atomic E-state index is -1.92. The first-order valence-electron chi connectivity index (χ1n) is 3.37. The van der Waals surface area contributed by atoms with Crippen LogP contribution in [0.1, 0.15) is 33.1 Å². The van der Waals surface area contributed by atoms with Crippen LogP contribution >= 0.6 is 8.03 Å². The molecule has 1 N–H and O–H groups in total. The molecule has 0 bridgehead atoms. The van der Waals surface area contributed by atoms with Crippen molar-refractivity contribution >= 4 is 8.03 Å². The zero-order chi connectivity index (χ0) is 7.28. The second-order valence-electron chi connectivity index (χ2n) is 2.15. The van der Waals surface area contributed by atoms with Crippen molar-refractivity contribution in [2.75, 3.05) is 0 Å². The molecule has 2 nitrogen and oxygen atoms in total. The molecule has 0 heterocycles. The smallest absolute Gasteiger partial charge is 0.161 e. The van der Waals surface area contributed by atoms with Gasteiger partial charge in [0.25, 0.3) is 0 Å². The molecule has 0 saturated carbocycles. The van der Waals surface area contributed by atoms with E-state index in [4.69, 9.17) is 4.89 Å². The first kappa shape index (κ1) is 13.4. The molecule has 10 heavy (non-hydrogen) atoms. The van der Waals surface area contributed by atoms with Crippen molar-refractivity contribution in [3.05, 3.63) is 0 Å². The monoisotopic (exact) mass is 197 g/mol. The Morgan fingerprint density at radius 3 is 2.10 bits per heavy atom. The van der Waals surface area contributed by atoms with E-state index in [0.717, 1.165) is 19.3 Å². The molecule has 0 aromatic rings. The SMILES string of the molecule is CCCC(CC)[P+](=O)O.[Ti]. The normalized spacial score (nSPS) is 13.7. The fourth-order valence-electron chi connectivity index (χ4n) is 0.804. The maximum absolute atomic E-state index is 10.5. The van der Waals surface area contributed by atoms with E-state index in [9.17, 15) is 4.57 Å². The molecule has 0 fully saturated rings. The van der Waals surface area contributed by atoms with E-state index in [2.05, 4.69) is 0 Å². The maximum atomic E-state index is 10.5. The van der Waals surface area contributed by atoms with Crippen molar-refractivity contribution in [1.82, 2.24) is 0 Å². The van der Waals surface area contributed by atoms with E-state index >= 15 is 0 Å². The summed E-state index contributed by atoms with van der Waals surface area (Å²) >= 11 is 0. The molecule has 0 aliphatic rings. The molecular weight excluding hydrogens is 183 g/mol. The maximum Gasteiger partial charge on any atom is 0.508 e. The molecule has 0 rings (SSSR count). The molecule has 0 aliphatic heterocycles. The van der Waals surface area contributed by atoms with E-state index < -0.39 is 8.03 Å². The molecule has 0 spiro atoms. The summed E-state index contributed by atoms with van der Waals surface area (Å²) in [6, 6.07) is 0. The van der Waals surface area contributed by atoms with Crippen LogP contribution in [0.4, 0.5) is 0 Å². The molecule has 2 atom stereocenters. The molecule has 0 amide bonds. The Morgan fingerprint density at radius 1 is 1.50 bits per heavy atom. The van der Waals surface area contributed by atoms with Gasteiger partial charge >= 0.3 is 8.03 Å². The van der Waals surface area contributed by atoms with Gasteiger partial charge in [0.2, 0.25) is 0 Å². The minimum Gasteiger partial charge on any atom is -0.161 e. The second-order valence-corrected chi connectivity index (χ2v) is 3.49. The van der Waals surface area contributed by atoms with Crippen LogP contribution in [0.15, 0.2) is 0 Å². The van der Waals surface area contributed by atoms with Crippen LogP contribution < -0.4 is 0 Å². The van der Waals surface area contributed by atoms with Gasteiger partial charge in [-0.1, -0.05) is 20.3 Å². The number of rotatable bonds is 4. The van der Waals surface area contributed by atoms with Gasteiger partial charge in [-0.05, 0) is 17.4 Å². The van der Waals surface area contributed by atoms with Gasteiger partial charge < -0.3 is 0 Å². The van der Waals surface area contributed by atoms with Gasteiger partial charge in [-0.3, -0.25) is 0 Å². The summed E-state index contributed by atoms with van der Waals surface area (Å²) in [5.74, 6) is 0. The zero-order valence-corrected chi connectivity index (χ0v) is 8.96. The van der Waals surface area contributed by atoms with Crippen LogP contribution in [-0.2, 0) is 26.3 Å². The summed E-state index contributed by atoms with van der Waals surface area (Å²) in [5.41, 5.74) is 0.0324. The van der Waals surface area contributed by atoms with E-state index in [-0.39, 0.29) is 27.4 Å². The van der Waals surface area contributed by atoms with Gasteiger partial charge in [0.1, 0.15) is 0 Å². The van der Waals surface area contributed by atoms with E-state index in [0.29, 0.717) is 0 Å². The molecule has 0 aromatic heterocycles. The largest absolute Gasteiger partial charge is 0.508 e. The summed E-state index contributed by atoms with van der Waals surface area (Å²) in [5, 5.41) is 0. The third-order valence-electron chi connectivity index (χ3n) is 1.41. The second kappa shape index (κ2) is 7.88. The van der Waals surface area contributed by atoms with E-state index in [1.165, 1.54) is 0 Å². The van der Waals surface area contributed by atoms with Crippen LogP contribution in [0, 0.1) is 0 Å². The molecule has 0 aromatic carbocycles. The predicted molar refractivity (Wildman–Crippen MR) is 38.8 cm³/mol. The summed E-state index contributed by atoms with van der Waals surface area (Å²) in [6.07, 6.45) is 2.70. The Kier molecular flexibility index (Phi) is 10.5. The standard InChI is InChI=1S/C6H13O2P.Ti/c1-3-5-6(4-2)9(7)8;/h6H,3-5H2,1-2H3;/p+1. The Labute approximate surface area is 78.2 Å². The summed E-state index contributed by atoms with van der Waals surface area (Å²) < 4.78 is 10.5. The quantitative estimate of drug-likeness (QED) is 0.554. The average Bonchev–Trinajstić information content (AvgIpc) is 1.82. The van der Waals surface area contributed by atoms with Crippen molar-refractivity contribution in [3.63, 3.8) is 0 Å². The Morgan fingerprint density at radius 2 is 2.00 bits per heavy atom. The third-order valence-corrected chi connectivity index (χ3v) is 2.65. The fourth-order valence-corrected chi connectivity index (χ4v) is 1.60. The van der Waals surface area contributed by atoms with E-state index in [1.807, 2.05) is 13.8 Å². The minimum absolute atomic E-state index is 0. The van der Waals surface area contributed by atoms with Crippen LogP contribution in [0.3, 0.4) is 0 Å². The van der Waals surface area contributed by atoms with E-state index in [1.54, 1.807) is 0 Å². The van der Waals surface area contributed by atoms with Crippen LogP contribution in [0.5, 0.6) is 0 Å². The Hall–Kier alpha value is 0.774. The fraction of sp³-hybridized carbons (Fsp3) is 1.00. The van der Waals surface area contributed by atoms with Gasteiger partial charge in [0.05, 0.1) is 0 Å². The van der Waals surface area contributed by atoms with Crippen molar-refractivity contribution in [1.29, 1.82) is 0 Å². The summed E-state index contributed by atoms with van der Waals surface area (Å²) in [6.45, 7) is 3.98.